The molecule has 0 saturated heterocycles. The number of hydrogen-bond donors (Lipinski definition) is 1. The Kier molecular flexibility index (Phi) is 1.77. The molecule has 3 heteroatoms. The summed E-state index contributed by atoms with van der Waals surface area (Å²) in [7, 11) is 0. The monoisotopic (exact) mass is 189 g/mol. The van der Waals surface area contributed by atoms with E-state index in [-0.39, 0.29) is 5.54 Å². The Morgan fingerprint density at radius 3 is 2.64 bits per heavy atom. The summed E-state index contributed by atoms with van der Waals surface area (Å²) in [5.41, 5.74) is 7.43. The zero-order valence-corrected chi connectivity index (χ0v) is 8.78. The van der Waals surface area contributed by atoms with E-state index in [9.17, 15) is 0 Å². The second kappa shape index (κ2) is 2.74. The molecule has 74 valence electrons. The van der Waals surface area contributed by atoms with Gasteiger partial charge in [0.15, 0.2) is 0 Å². The van der Waals surface area contributed by atoms with Crippen LogP contribution in [0.1, 0.15) is 20.8 Å². The van der Waals surface area contributed by atoms with Crippen LogP contribution in [0.4, 0.5) is 5.69 Å². The smallest absolute Gasteiger partial charge is 0.0944 e. The van der Waals surface area contributed by atoms with Gasteiger partial charge in [-0.05, 0) is 39.0 Å². The van der Waals surface area contributed by atoms with E-state index in [0.29, 0.717) is 0 Å². The molecule has 14 heavy (non-hydrogen) atoms. The van der Waals surface area contributed by atoms with Gasteiger partial charge >= 0.3 is 0 Å². The second-order valence-electron chi connectivity index (χ2n) is 4.56. The second-order valence-corrected chi connectivity index (χ2v) is 4.56. The molecule has 0 spiro atoms. The number of fused-ring (bicyclic) bond motifs is 1. The standard InChI is InChI=1S/C11H15N3/c1-11(2,3)14-7-8-4-5-9(12)6-10(8)13-14/h4-7H,12H2,1-3H3. The van der Waals surface area contributed by atoms with E-state index in [0.717, 1.165) is 16.6 Å². The van der Waals surface area contributed by atoms with Gasteiger partial charge in [-0.3, -0.25) is 4.68 Å². The molecule has 2 N–H and O–H groups in total. The van der Waals surface area contributed by atoms with Gasteiger partial charge in [0.1, 0.15) is 0 Å². The molecule has 0 aliphatic rings. The molecule has 3 nitrogen and oxygen atoms in total. The summed E-state index contributed by atoms with van der Waals surface area (Å²) in [6.07, 6.45) is 2.05. The lowest BCUT2D eigenvalue weighted by molar-refractivity contribution is 0.358. The predicted molar refractivity (Wildman–Crippen MR) is 59.1 cm³/mol. The van der Waals surface area contributed by atoms with E-state index in [1.54, 1.807) is 0 Å². The SMILES string of the molecule is CC(C)(C)n1cc2ccc(N)cc2n1. The average Bonchev–Trinajstić information content (AvgIpc) is 2.45. The summed E-state index contributed by atoms with van der Waals surface area (Å²) >= 11 is 0. The minimum atomic E-state index is 0.0216. The third kappa shape index (κ3) is 1.45. The van der Waals surface area contributed by atoms with Crippen LogP contribution in [0.5, 0.6) is 0 Å². The van der Waals surface area contributed by atoms with Gasteiger partial charge < -0.3 is 5.73 Å². The van der Waals surface area contributed by atoms with Crippen molar-refractivity contribution in [3.05, 3.63) is 24.4 Å². The number of nitrogen functional groups attached to an aromatic ring is 1. The number of hydrogen-bond acceptors (Lipinski definition) is 2. The zero-order valence-electron chi connectivity index (χ0n) is 8.78. The Labute approximate surface area is 83.5 Å². The van der Waals surface area contributed by atoms with Crippen LogP contribution in [0, 0.1) is 0 Å². The molecule has 0 unspecified atom stereocenters. The number of rotatable bonds is 0. The Bertz CT molecular complexity index is 463. The first kappa shape index (κ1) is 9.06. The van der Waals surface area contributed by atoms with Gasteiger partial charge in [-0.1, -0.05) is 0 Å². The van der Waals surface area contributed by atoms with E-state index in [4.69, 9.17) is 5.73 Å². The van der Waals surface area contributed by atoms with Crippen LogP contribution in [0.3, 0.4) is 0 Å². The topological polar surface area (TPSA) is 43.8 Å². The lowest BCUT2D eigenvalue weighted by Gasteiger charge is -2.18. The van der Waals surface area contributed by atoms with E-state index in [1.165, 1.54) is 0 Å². The van der Waals surface area contributed by atoms with Crippen molar-refractivity contribution in [1.82, 2.24) is 9.78 Å². The number of anilines is 1. The fourth-order valence-corrected chi connectivity index (χ4v) is 1.38. The zero-order chi connectivity index (χ0) is 10.3. The highest BCUT2D eigenvalue weighted by Crippen LogP contribution is 2.20. The van der Waals surface area contributed by atoms with Gasteiger partial charge in [0.05, 0.1) is 11.1 Å². The number of benzene rings is 1. The Hall–Kier alpha value is -1.51. The van der Waals surface area contributed by atoms with Crippen LogP contribution >= 0.6 is 0 Å². The average molecular weight is 189 g/mol. The van der Waals surface area contributed by atoms with Crippen molar-refractivity contribution in [2.24, 2.45) is 0 Å². The summed E-state index contributed by atoms with van der Waals surface area (Å²) in [4.78, 5) is 0. The van der Waals surface area contributed by atoms with Crippen LogP contribution in [0.2, 0.25) is 0 Å². The number of nitrogens with two attached hydrogens (primary N) is 1. The van der Waals surface area contributed by atoms with Gasteiger partial charge in [-0.15, -0.1) is 0 Å². The molecule has 0 fully saturated rings. The van der Waals surface area contributed by atoms with Gasteiger partial charge in [0.2, 0.25) is 0 Å². The van der Waals surface area contributed by atoms with E-state index >= 15 is 0 Å². The molecule has 1 aromatic heterocycles. The van der Waals surface area contributed by atoms with Crippen molar-refractivity contribution < 1.29 is 0 Å². The maximum Gasteiger partial charge on any atom is 0.0944 e. The molecule has 0 radical (unpaired) electrons. The largest absolute Gasteiger partial charge is 0.399 e. The highest BCUT2D eigenvalue weighted by molar-refractivity contribution is 5.81. The van der Waals surface area contributed by atoms with E-state index in [1.807, 2.05) is 22.9 Å². The summed E-state index contributed by atoms with van der Waals surface area (Å²) < 4.78 is 1.97. The molecule has 0 amide bonds. The minimum Gasteiger partial charge on any atom is -0.399 e. The third-order valence-corrected chi connectivity index (χ3v) is 2.22. The summed E-state index contributed by atoms with van der Waals surface area (Å²) in [6.45, 7) is 6.38. The van der Waals surface area contributed by atoms with Crippen LogP contribution in [0.25, 0.3) is 10.9 Å². The van der Waals surface area contributed by atoms with Crippen molar-refractivity contribution in [2.45, 2.75) is 26.3 Å². The molecule has 2 rings (SSSR count). The summed E-state index contributed by atoms with van der Waals surface area (Å²) in [6, 6.07) is 5.80. The molecule has 1 heterocycles. The molecule has 0 aliphatic heterocycles. The van der Waals surface area contributed by atoms with Crippen LogP contribution in [0.15, 0.2) is 24.4 Å². The highest BCUT2D eigenvalue weighted by atomic mass is 15.3. The molecular formula is C11H15N3. The molecular weight excluding hydrogens is 174 g/mol. The third-order valence-electron chi connectivity index (χ3n) is 2.22. The molecule has 0 aliphatic carbocycles. The van der Waals surface area contributed by atoms with Crippen molar-refractivity contribution in [2.75, 3.05) is 5.73 Å². The predicted octanol–water partition coefficient (Wildman–Crippen LogP) is 2.37. The molecule has 0 saturated carbocycles. The van der Waals surface area contributed by atoms with Crippen molar-refractivity contribution in [3.8, 4) is 0 Å². The maximum atomic E-state index is 5.69. The van der Waals surface area contributed by atoms with Crippen LogP contribution in [-0.2, 0) is 5.54 Å². The van der Waals surface area contributed by atoms with Gasteiger partial charge in [0, 0.05) is 17.3 Å². The van der Waals surface area contributed by atoms with E-state index in [2.05, 4.69) is 32.1 Å². The summed E-state index contributed by atoms with van der Waals surface area (Å²) in [5, 5.41) is 5.61. The molecule has 2 aromatic rings. The molecule has 0 bridgehead atoms. The highest BCUT2D eigenvalue weighted by Gasteiger charge is 2.14. The molecule has 1 aromatic carbocycles. The fourth-order valence-electron chi connectivity index (χ4n) is 1.38. The van der Waals surface area contributed by atoms with Gasteiger partial charge in [0.25, 0.3) is 0 Å². The lowest BCUT2D eigenvalue weighted by Crippen LogP contribution is -2.21. The lowest BCUT2D eigenvalue weighted by atomic mass is 10.1. The summed E-state index contributed by atoms with van der Waals surface area (Å²) in [5.74, 6) is 0. The molecule has 0 atom stereocenters. The Morgan fingerprint density at radius 2 is 2.00 bits per heavy atom. The first-order chi connectivity index (χ1) is 6.47. The van der Waals surface area contributed by atoms with Gasteiger partial charge in [-0.25, -0.2) is 0 Å². The fraction of sp³-hybridized carbons (Fsp3) is 0.364. The Morgan fingerprint density at radius 1 is 1.29 bits per heavy atom. The normalized spacial score (nSPS) is 12.2. The first-order valence-electron chi connectivity index (χ1n) is 4.72. The maximum absolute atomic E-state index is 5.69. The number of nitrogens with zero attached hydrogens (tertiary/aromatic N) is 2. The van der Waals surface area contributed by atoms with Crippen molar-refractivity contribution in [1.29, 1.82) is 0 Å². The van der Waals surface area contributed by atoms with Crippen LogP contribution < -0.4 is 5.73 Å². The Balaban J connectivity index is 2.63. The number of aromatic nitrogens is 2. The van der Waals surface area contributed by atoms with Crippen molar-refractivity contribution in [3.63, 3.8) is 0 Å². The quantitative estimate of drug-likeness (QED) is 0.646. The van der Waals surface area contributed by atoms with Crippen LogP contribution in [-0.4, -0.2) is 9.78 Å². The first-order valence-corrected chi connectivity index (χ1v) is 4.72. The minimum absolute atomic E-state index is 0.0216. The van der Waals surface area contributed by atoms with Gasteiger partial charge in [-0.2, -0.15) is 5.10 Å². The van der Waals surface area contributed by atoms with Crippen molar-refractivity contribution >= 4 is 16.6 Å². The van der Waals surface area contributed by atoms with E-state index < -0.39 is 0 Å².